The standard InChI is InChI=1S/C54H89NO18/c1-3-5-7-9-11-13-15-17-18-20-22-24-26-28-30-32-42(60)55-37(38(59)31-29-27-25-23-21-19-16-14-12-10-8-6-4-2)36-68-52-48(66)45(63)50(40(34-57)70-52)73-54-49(67)46(64)51(41(35-58)71-54)72-53-47(65)44(62)43(61)39(33-56)69-53/h5,7,11-14,17-18,21-24,29,31,37-41,43-54,56-59,61-67H,3-4,6,8-10,15-16,19-20,25-28,30,32-36H2,1-2H3,(H,55,60)/b7-5-,13-11-,14-12+,18-17-,23-21+,24-22-,31-29+. The number of amides is 1. The number of nitrogens with one attached hydrogen (secondary N) is 1. The van der Waals surface area contributed by atoms with E-state index in [4.69, 9.17) is 28.4 Å². The maximum absolute atomic E-state index is 13.2. The van der Waals surface area contributed by atoms with E-state index in [2.05, 4.69) is 92.1 Å². The van der Waals surface area contributed by atoms with Crippen LogP contribution < -0.4 is 5.32 Å². The summed E-state index contributed by atoms with van der Waals surface area (Å²) in [6.07, 6.45) is 15.9. The average Bonchev–Trinajstić information content (AvgIpc) is 3.39. The number of aliphatic hydroxyl groups is 11. The molecule has 3 aliphatic heterocycles. The van der Waals surface area contributed by atoms with Crippen molar-refractivity contribution in [2.24, 2.45) is 0 Å². The van der Waals surface area contributed by atoms with Gasteiger partial charge in [0.05, 0.1) is 38.6 Å². The van der Waals surface area contributed by atoms with E-state index in [0.717, 1.165) is 64.2 Å². The molecule has 73 heavy (non-hydrogen) atoms. The van der Waals surface area contributed by atoms with Crippen molar-refractivity contribution >= 4 is 5.91 Å². The molecule has 0 spiro atoms. The molecular weight excluding hydrogens is 951 g/mol. The Morgan fingerprint density at radius 3 is 1.48 bits per heavy atom. The van der Waals surface area contributed by atoms with Crippen molar-refractivity contribution in [1.82, 2.24) is 5.32 Å². The van der Waals surface area contributed by atoms with Gasteiger partial charge in [-0.15, -0.1) is 0 Å². The summed E-state index contributed by atoms with van der Waals surface area (Å²) < 4.78 is 34.1. The summed E-state index contributed by atoms with van der Waals surface area (Å²) in [5, 5.41) is 120. The van der Waals surface area contributed by atoms with Crippen LogP contribution in [0.1, 0.15) is 117 Å². The van der Waals surface area contributed by atoms with E-state index in [-0.39, 0.29) is 12.3 Å². The zero-order valence-corrected chi connectivity index (χ0v) is 42.8. The molecule has 0 aliphatic carbocycles. The second-order valence-corrected chi connectivity index (χ2v) is 18.6. The van der Waals surface area contributed by atoms with Crippen LogP contribution in [0.5, 0.6) is 0 Å². The largest absolute Gasteiger partial charge is 0.394 e. The van der Waals surface area contributed by atoms with Crippen LogP contribution in [0.2, 0.25) is 0 Å². The third-order valence-electron chi connectivity index (χ3n) is 12.7. The van der Waals surface area contributed by atoms with Crippen molar-refractivity contribution in [3.8, 4) is 0 Å². The second kappa shape index (κ2) is 37.7. The monoisotopic (exact) mass is 1040 g/mol. The van der Waals surface area contributed by atoms with E-state index in [0.29, 0.717) is 12.8 Å². The van der Waals surface area contributed by atoms with Crippen LogP contribution in [0.25, 0.3) is 0 Å². The number of allylic oxidation sites excluding steroid dienone is 13. The smallest absolute Gasteiger partial charge is 0.220 e. The minimum atomic E-state index is -1.99. The molecule has 1 amide bonds. The van der Waals surface area contributed by atoms with Gasteiger partial charge in [0.1, 0.15) is 73.2 Å². The van der Waals surface area contributed by atoms with Crippen LogP contribution >= 0.6 is 0 Å². The van der Waals surface area contributed by atoms with Crippen molar-refractivity contribution in [3.63, 3.8) is 0 Å². The lowest BCUT2D eigenvalue weighted by Crippen LogP contribution is -2.66. The first kappa shape index (κ1) is 64.3. The van der Waals surface area contributed by atoms with E-state index in [1.165, 1.54) is 19.3 Å². The molecule has 17 atom stereocenters. The number of hydrogen-bond donors (Lipinski definition) is 12. The highest BCUT2D eigenvalue weighted by molar-refractivity contribution is 5.76. The fraction of sp³-hybridized carbons (Fsp3) is 0.722. The molecule has 12 N–H and O–H groups in total. The minimum absolute atomic E-state index is 0.174. The normalized spacial score (nSPS) is 32.4. The lowest BCUT2D eigenvalue weighted by molar-refractivity contribution is -0.379. The van der Waals surface area contributed by atoms with Gasteiger partial charge in [-0.1, -0.05) is 112 Å². The zero-order chi connectivity index (χ0) is 53.4. The first-order chi connectivity index (χ1) is 35.3. The second-order valence-electron chi connectivity index (χ2n) is 18.6. The number of unbranched alkanes of at least 4 members (excludes halogenated alkanes) is 7. The van der Waals surface area contributed by atoms with Crippen LogP contribution in [-0.4, -0.2) is 193 Å². The number of carbonyl (C=O) groups is 1. The van der Waals surface area contributed by atoms with Crippen molar-refractivity contribution in [2.45, 2.75) is 221 Å². The van der Waals surface area contributed by atoms with Crippen LogP contribution in [0.4, 0.5) is 0 Å². The number of ether oxygens (including phenoxy) is 6. The number of hydrogen-bond acceptors (Lipinski definition) is 18. The predicted molar refractivity (Wildman–Crippen MR) is 272 cm³/mol. The minimum Gasteiger partial charge on any atom is -0.394 e. The van der Waals surface area contributed by atoms with Gasteiger partial charge in [0.15, 0.2) is 18.9 Å². The molecule has 17 unspecified atom stereocenters. The van der Waals surface area contributed by atoms with Crippen molar-refractivity contribution in [1.29, 1.82) is 0 Å². The van der Waals surface area contributed by atoms with Crippen molar-refractivity contribution in [2.75, 3.05) is 26.4 Å². The summed E-state index contributed by atoms with van der Waals surface area (Å²) >= 11 is 0. The third kappa shape index (κ3) is 23.0. The van der Waals surface area contributed by atoms with Gasteiger partial charge in [0, 0.05) is 6.42 Å². The fourth-order valence-corrected chi connectivity index (χ4v) is 8.27. The van der Waals surface area contributed by atoms with Gasteiger partial charge in [-0.25, -0.2) is 0 Å². The topological polar surface area (TPSA) is 307 Å². The Bertz CT molecular complexity index is 1670. The van der Waals surface area contributed by atoms with Gasteiger partial charge in [0.2, 0.25) is 5.91 Å². The Morgan fingerprint density at radius 1 is 0.507 bits per heavy atom. The van der Waals surface area contributed by atoms with Gasteiger partial charge in [0.25, 0.3) is 0 Å². The number of rotatable bonds is 35. The SMILES string of the molecule is CC/C=C\C/C=C\C/C=C\C/C=C\CCCCC(=O)NC(COC1OC(CO)C(OC2OC(CO)C(OC3OC(CO)C(O)C(O)C3O)C(O)C2O)C(O)C1O)C(O)/C=C/CC/C=C/CC/C=C/CCCCC. The number of carbonyl (C=O) groups excluding carboxylic acids is 1. The maximum atomic E-state index is 13.2. The third-order valence-corrected chi connectivity index (χ3v) is 12.7. The average molecular weight is 1040 g/mol. The Labute approximate surface area is 431 Å². The van der Waals surface area contributed by atoms with Crippen molar-refractivity contribution in [3.05, 3.63) is 85.1 Å². The summed E-state index contributed by atoms with van der Waals surface area (Å²) in [5.74, 6) is -0.337. The maximum Gasteiger partial charge on any atom is 0.220 e. The van der Waals surface area contributed by atoms with Crippen LogP contribution in [0, 0.1) is 0 Å². The van der Waals surface area contributed by atoms with E-state index >= 15 is 0 Å². The summed E-state index contributed by atoms with van der Waals surface area (Å²) in [4.78, 5) is 13.2. The predicted octanol–water partition coefficient (Wildman–Crippen LogP) is 2.47. The van der Waals surface area contributed by atoms with E-state index in [9.17, 15) is 61.0 Å². The summed E-state index contributed by atoms with van der Waals surface area (Å²) in [5.41, 5.74) is 0. The lowest BCUT2D eigenvalue weighted by Gasteiger charge is -2.48. The highest BCUT2D eigenvalue weighted by Crippen LogP contribution is 2.33. The molecule has 0 radical (unpaired) electrons. The van der Waals surface area contributed by atoms with Gasteiger partial charge in [-0.3, -0.25) is 4.79 Å². The van der Waals surface area contributed by atoms with Gasteiger partial charge in [-0.05, 0) is 83.5 Å². The summed E-state index contributed by atoms with van der Waals surface area (Å²) in [6.45, 7) is 1.45. The van der Waals surface area contributed by atoms with Crippen LogP contribution in [-0.2, 0) is 33.2 Å². The molecule has 418 valence electrons. The molecule has 19 heteroatoms. The first-order valence-electron chi connectivity index (χ1n) is 26.3. The van der Waals surface area contributed by atoms with E-state index in [1.54, 1.807) is 12.2 Å². The molecule has 0 aromatic carbocycles. The Hall–Kier alpha value is -3.03. The summed E-state index contributed by atoms with van der Waals surface area (Å²) in [7, 11) is 0. The highest BCUT2D eigenvalue weighted by atomic mass is 16.8. The molecule has 3 fully saturated rings. The Balaban J connectivity index is 1.59. The molecule has 3 aliphatic rings. The number of aliphatic hydroxyl groups excluding tert-OH is 11. The zero-order valence-electron chi connectivity index (χ0n) is 42.8. The first-order valence-corrected chi connectivity index (χ1v) is 26.3. The highest BCUT2D eigenvalue weighted by Gasteiger charge is 2.53. The molecule has 3 rings (SSSR count). The molecule has 3 heterocycles. The fourth-order valence-electron chi connectivity index (χ4n) is 8.27. The molecule has 0 aromatic heterocycles. The Kier molecular flexibility index (Phi) is 33.2. The van der Waals surface area contributed by atoms with E-state index in [1.807, 2.05) is 0 Å². The molecule has 3 saturated heterocycles. The summed E-state index contributed by atoms with van der Waals surface area (Å²) in [6, 6.07) is -1.02. The van der Waals surface area contributed by atoms with Crippen molar-refractivity contribution < 1.29 is 89.4 Å². The quantitative estimate of drug-likeness (QED) is 0.0321. The molecule has 0 aromatic rings. The lowest BCUT2D eigenvalue weighted by atomic mass is 9.96. The molecule has 0 bridgehead atoms. The van der Waals surface area contributed by atoms with Gasteiger partial charge < -0.3 is 89.9 Å². The molecule has 19 nitrogen and oxygen atoms in total. The van der Waals surface area contributed by atoms with Crippen LogP contribution in [0.15, 0.2) is 85.1 Å². The molecule has 0 saturated carbocycles. The van der Waals surface area contributed by atoms with Crippen LogP contribution in [0.3, 0.4) is 0 Å². The van der Waals surface area contributed by atoms with Gasteiger partial charge >= 0.3 is 0 Å². The van der Waals surface area contributed by atoms with Gasteiger partial charge in [-0.2, -0.15) is 0 Å². The Morgan fingerprint density at radius 2 is 0.945 bits per heavy atom. The molecular formula is C54H89NO18. The van der Waals surface area contributed by atoms with E-state index < -0.39 is 131 Å².